The Morgan fingerprint density at radius 2 is 2.05 bits per heavy atom. The summed E-state index contributed by atoms with van der Waals surface area (Å²) < 4.78 is 22.2. The van der Waals surface area contributed by atoms with E-state index in [4.69, 9.17) is 5.14 Å². The van der Waals surface area contributed by atoms with E-state index in [0.717, 1.165) is 11.1 Å². The predicted octanol–water partition coefficient (Wildman–Crippen LogP) is 0.940. The summed E-state index contributed by atoms with van der Waals surface area (Å²) in [6.07, 6.45) is 0.265. The molecule has 0 bridgehead atoms. The van der Waals surface area contributed by atoms with Crippen molar-refractivity contribution in [2.45, 2.75) is 26.8 Å². The Balaban J connectivity index is 2.05. The topological polar surface area (TPSA) is 80.5 Å². The van der Waals surface area contributed by atoms with Crippen LogP contribution >= 0.6 is 0 Å². The molecule has 1 amide bonds. The first kappa shape index (κ1) is 15.0. The van der Waals surface area contributed by atoms with Crippen LogP contribution in [-0.4, -0.2) is 31.5 Å². The van der Waals surface area contributed by atoms with E-state index in [-0.39, 0.29) is 24.0 Å². The van der Waals surface area contributed by atoms with Crippen molar-refractivity contribution in [3.05, 3.63) is 34.9 Å². The third kappa shape index (κ3) is 3.80. The second kappa shape index (κ2) is 5.54. The summed E-state index contributed by atoms with van der Waals surface area (Å²) in [4.78, 5) is 13.7. The second-order valence-electron chi connectivity index (χ2n) is 5.60. The normalized spacial score (nSPS) is 19.6. The van der Waals surface area contributed by atoms with Gasteiger partial charge in [0.2, 0.25) is 15.9 Å². The van der Waals surface area contributed by atoms with Gasteiger partial charge in [0.05, 0.1) is 5.75 Å². The van der Waals surface area contributed by atoms with E-state index in [1.54, 1.807) is 4.90 Å². The molecule has 1 aliphatic heterocycles. The number of hydrogen-bond acceptors (Lipinski definition) is 3. The molecule has 0 aromatic heterocycles. The molecule has 5 nitrogen and oxygen atoms in total. The monoisotopic (exact) mass is 296 g/mol. The van der Waals surface area contributed by atoms with Gasteiger partial charge in [-0.15, -0.1) is 0 Å². The van der Waals surface area contributed by atoms with Crippen molar-refractivity contribution in [2.24, 2.45) is 11.1 Å². The number of aryl methyl sites for hydroxylation is 2. The Kier molecular flexibility index (Phi) is 4.15. The fraction of sp³-hybridized carbons (Fsp3) is 0.500. The molecule has 1 atom stereocenters. The van der Waals surface area contributed by atoms with Gasteiger partial charge in [0.1, 0.15) is 0 Å². The summed E-state index contributed by atoms with van der Waals surface area (Å²) in [6.45, 7) is 5.04. The first-order valence-corrected chi connectivity index (χ1v) is 8.30. The maximum atomic E-state index is 11.9. The minimum atomic E-state index is -3.52. The van der Waals surface area contributed by atoms with Crippen LogP contribution < -0.4 is 5.14 Å². The summed E-state index contributed by atoms with van der Waals surface area (Å²) in [6, 6.07) is 6.12. The third-order valence-electron chi connectivity index (χ3n) is 3.62. The van der Waals surface area contributed by atoms with Gasteiger partial charge in [0, 0.05) is 25.4 Å². The molecule has 1 aromatic rings. The van der Waals surface area contributed by atoms with E-state index in [1.165, 1.54) is 5.56 Å². The van der Waals surface area contributed by atoms with Gasteiger partial charge in [-0.3, -0.25) is 4.79 Å². The van der Waals surface area contributed by atoms with E-state index < -0.39 is 10.0 Å². The zero-order chi connectivity index (χ0) is 14.9. The molecule has 0 saturated carbocycles. The zero-order valence-electron chi connectivity index (χ0n) is 11.8. The first-order valence-electron chi connectivity index (χ1n) is 6.59. The average Bonchev–Trinajstić information content (AvgIpc) is 2.60. The Hall–Kier alpha value is -1.40. The number of carbonyl (C=O) groups excluding carboxylic acids is 1. The first-order chi connectivity index (χ1) is 9.24. The number of primary sulfonamides is 1. The molecule has 0 aliphatic carbocycles. The van der Waals surface area contributed by atoms with Crippen molar-refractivity contribution in [1.29, 1.82) is 0 Å². The molecule has 2 N–H and O–H groups in total. The number of nitrogens with zero attached hydrogens (tertiary/aromatic N) is 1. The molecular weight excluding hydrogens is 276 g/mol. The number of carbonyl (C=O) groups is 1. The Bertz CT molecular complexity index is 625. The van der Waals surface area contributed by atoms with Gasteiger partial charge in [0.15, 0.2) is 0 Å². The maximum Gasteiger partial charge on any atom is 0.223 e. The molecule has 1 unspecified atom stereocenters. The summed E-state index contributed by atoms with van der Waals surface area (Å²) in [5.74, 6) is -0.316. The van der Waals surface area contributed by atoms with Gasteiger partial charge in [0.25, 0.3) is 0 Å². The van der Waals surface area contributed by atoms with Crippen LogP contribution in [0, 0.1) is 19.8 Å². The van der Waals surface area contributed by atoms with Gasteiger partial charge in [-0.1, -0.05) is 23.8 Å². The van der Waals surface area contributed by atoms with Crippen LogP contribution in [0.15, 0.2) is 18.2 Å². The van der Waals surface area contributed by atoms with E-state index >= 15 is 0 Å². The highest BCUT2D eigenvalue weighted by Crippen LogP contribution is 2.22. The second-order valence-corrected chi connectivity index (χ2v) is 7.26. The average molecular weight is 296 g/mol. The summed E-state index contributed by atoms with van der Waals surface area (Å²) in [7, 11) is -3.52. The molecule has 20 heavy (non-hydrogen) atoms. The lowest BCUT2D eigenvalue weighted by molar-refractivity contribution is -0.128. The number of sulfonamides is 1. The van der Waals surface area contributed by atoms with Crippen molar-refractivity contribution in [2.75, 3.05) is 12.3 Å². The van der Waals surface area contributed by atoms with E-state index in [1.807, 2.05) is 26.0 Å². The fourth-order valence-electron chi connectivity index (χ4n) is 2.68. The molecule has 0 spiro atoms. The van der Waals surface area contributed by atoms with E-state index in [2.05, 4.69) is 6.07 Å². The zero-order valence-corrected chi connectivity index (χ0v) is 12.6. The highest BCUT2D eigenvalue weighted by atomic mass is 32.2. The minimum Gasteiger partial charge on any atom is -0.338 e. The van der Waals surface area contributed by atoms with Crippen molar-refractivity contribution in [3.63, 3.8) is 0 Å². The van der Waals surface area contributed by atoms with Gasteiger partial charge in [-0.2, -0.15) is 0 Å². The highest BCUT2D eigenvalue weighted by molar-refractivity contribution is 7.89. The fourth-order valence-corrected chi connectivity index (χ4v) is 3.56. The Labute approximate surface area is 119 Å². The summed E-state index contributed by atoms with van der Waals surface area (Å²) >= 11 is 0. The van der Waals surface area contributed by atoms with E-state index in [0.29, 0.717) is 13.1 Å². The third-order valence-corrected chi connectivity index (χ3v) is 4.56. The molecule has 0 radical (unpaired) electrons. The molecule has 1 fully saturated rings. The van der Waals surface area contributed by atoms with Crippen molar-refractivity contribution in [3.8, 4) is 0 Å². The van der Waals surface area contributed by atoms with Crippen molar-refractivity contribution >= 4 is 15.9 Å². The largest absolute Gasteiger partial charge is 0.338 e. The molecule has 110 valence electrons. The van der Waals surface area contributed by atoms with Crippen LogP contribution in [0.3, 0.4) is 0 Å². The SMILES string of the molecule is Cc1ccc(CN2CC(CS(N)(=O)=O)CC2=O)c(C)c1. The van der Waals surface area contributed by atoms with Gasteiger partial charge < -0.3 is 4.90 Å². The molecule has 1 aliphatic rings. The smallest absolute Gasteiger partial charge is 0.223 e. The molecule has 1 saturated heterocycles. The van der Waals surface area contributed by atoms with Crippen LogP contribution in [0.25, 0.3) is 0 Å². The molecule has 2 rings (SSSR count). The molecule has 6 heteroatoms. The minimum absolute atomic E-state index is 0.00127. The summed E-state index contributed by atoms with van der Waals surface area (Å²) in [5.41, 5.74) is 3.43. The van der Waals surface area contributed by atoms with Crippen LogP contribution in [0.1, 0.15) is 23.1 Å². The van der Waals surface area contributed by atoms with Gasteiger partial charge >= 0.3 is 0 Å². The lowest BCUT2D eigenvalue weighted by Crippen LogP contribution is -2.27. The van der Waals surface area contributed by atoms with Crippen LogP contribution in [0.5, 0.6) is 0 Å². The number of rotatable bonds is 4. The maximum absolute atomic E-state index is 11.9. The van der Waals surface area contributed by atoms with Crippen LogP contribution in [0.4, 0.5) is 0 Å². The highest BCUT2D eigenvalue weighted by Gasteiger charge is 2.31. The summed E-state index contributed by atoms with van der Waals surface area (Å²) in [5, 5.41) is 5.04. The van der Waals surface area contributed by atoms with Gasteiger partial charge in [-0.05, 0) is 25.0 Å². The molecule has 1 aromatic carbocycles. The van der Waals surface area contributed by atoms with Crippen molar-refractivity contribution < 1.29 is 13.2 Å². The molecule has 1 heterocycles. The van der Waals surface area contributed by atoms with E-state index in [9.17, 15) is 13.2 Å². The number of benzene rings is 1. The number of amides is 1. The Morgan fingerprint density at radius 3 is 2.65 bits per heavy atom. The quantitative estimate of drug-likeness (QED) is 0.898. The molecular formula is C14H20N2O3S. The standard InChI is InChI=1S/C14H20N2O3S/c1-10-3-4-13(11(2)5-10)8-16-7-12(6-14(16)17)9-20(15,18)19/h3-5,12H,6-9H2,1-2H3,(H2,15,18,19). The van der Waals surface area contributed by atoms with Crippen LogP contribution in [0.2, 0.25) is 0 Å². The predicted molar refractivity (Wildman–Crippen MR) is 77.4 cm³/mol. The van der Waals surface area contributed by atoms with Gasteiger partial charge in [-0.25, -0.2) is 13.6 Å². The van der Waals surface area contributed by atoms with Crippen molar-refractivity contribution in [1.82, 2.24) is 4.90 Å². The lowest BCUT2D eigenvalue weighted by Gasteiger charge is -2.18. The number of hydrogen-bond donors (Lipinski definition) is 1. The Morgan fingerprint density at radius 1 is 1.35 bits per heavy atom. The number of likely N-dealkylation sites (tertiary alicyclic amines) is 1. The lowest BCUT2D eigenvalue weighted by atomic mass is 10.1. The number of nitrogens with two attached hydrogens (primary N) is 1. The van der Waals surface area contributed by atoms with Crippen LogP contribution in [-0.2, 0) is 21.4 Å².